The number of nitrogens with zero attached hydrogens (tertiary/aromatic N) is 3. The number of allylic oxidation sites excluding steroid dienone is 1. The highest BCUT2D eigenvalue weighted by Crippen LogP contribution is 2.38. The number of rotatable bonds is 6. The molecule has 1 aliphatic heterocycles. The third kappa shape index (κ3) is 5.39. The topological polar surface area (TPSA) is 71.8 Å². The Hall–Kier alpha value is -3.26. The third-order valence-electron chi connectivity index (χ3n) is 6.21. The molecular weight excluding hydrogens is 525 g/mol. The molecule has 37 heavy (non-hydrogen) atoms. The number of carbonyl (C=O) groups is 1. The number of hydrogen-bond donors (Lipinski definition) is 2. The van der Waals surface area contributed by atoms with Crippen molar-refractivity contribution in [1.82, 2.24) is 14.8 Å². The second-order valence-electron chi connectivity index (χ2n) is 8.93. The molecule has 2 heterocycles. The van der Waals surface area contributed by atoms with Crippen molar-refractivity contribution < 1.29 is 4.79 Å². The van der Waals surface area contributed by atoms with E-state index in [2.05, 4.69) is 10.6 Å². The van der Waals surface area contributed by atoms with Gasteiger partial charge in [0, 0.05) is 27.2 Å². The summed E-state index contributed by atoms with van der Waals surface area (Å²) >= 11 is 14.0. The molecule has 0 bridgehead atoms. The summed E-state index contributed by atoms with van der Waals surface area (Å²) in [6.07, 6.45) is 0. The van der Waals surface area contributed by atoms with Gasteiger partial charge in [0.2, 0.25) is 11.1 Å². The molecule has 6 nitrogen and oxygen atoms in total. The molecule has 3 aromatic carbocycles. The number of amides is 1. The van der Waals surface area contributed by atoms with E-state index in [1.807, 2.05) is 87.5 Å². The van der Waals surface area contributed by atoms with Crippen LogP contribution < -0.4 is 10.6 Å². The zero-order valence-electron chi connectivity index (χ0n) is 20.5. The summed E-state index contributed by atoms with van der Waals surface area (Å²) in [7, 11) is 0. The lowest BCUT2D eigenvalue weighted by atomic mass is 9.95. The SMILES string of the molecule is CC1=C(C(=O)Nc2ccc(C)cc2C)[C@H](c2ccc(Cl)cc2)n2nc(SCc3ccccc3Cl)nc2N1. The lowest BCUT2D eigenvalue weighted by molar-refractivity contribution is -0.113. The van der Waals surface area contributed by atoms with E-state index in [0.717, 1.165) is 27.9 Å². The van der Waals surface area contributed by atoms with Crippen LogP contribution in [0.25, 0.3) is 0 Å². The van der Waals surface area contributed by atoms with Crippen molar-refractivity contribution in [3.05, 3.63) is 110 Å². The third-order valence-corrected chi connectivity index (χ3v) is 7.72. The Labute approximate surface area is 230 Å². The van der Waals surface area contributed by atoms with Crippen LogP contribution in [0.4, 0.5) is 11.6 Å². The van der Waals surface area contributed by atoms with Gasteiger partial charge in [-0.1, -0.05) is 83.0 Å². The second kappa shape index (κ2) is 10.6. The van der Waals surface area contributed by atoms with Gasteiger partial charge in [0.1, 0.15) is 6.04 Å². The number of benzene rings is 3. The van der Waals surface area contributed by atoms with Crippen LogP contribution in [0.1, 0.15) is 35.2 Å². The highest BCUT2D eigenvalue weighted by atomic mass is 35.5. The van der Waals surface area contributed by atoms with Crippen LogP contribution >= 0.6 is 35.0 Å². The van der Waals surface area contributed by atoms with Crippen molar-refractivity contribution in [2.75, 3.05) is 10.6 Å². The van der Waals surface area contributed by atoms with Gasteiger partial charge in [0.15, 0.2) is 0 Å². The summed E-state index contributed by atoms with van der Waals surface area (Å²) < 4.78 is 1.77. The standard InChI is InChI=1S/C28H25Cl2N5OS/c1-16-8-13-23(17(2)14-16)32-26(36)24-18(3)31-27-33-28(37-15-20-6-4-5-7-22(20)30)34-35(27)25(24)19-9-11-21(29)12-10-19/h4-14,25H,15H2,1-3H3,(H,32,36)(H,31,33,34)/t25-/m0/s1. The lowest BCUT2D eigenvalue weighted by Gasteiger charge is -2.29. The minimum atomic E-state index is -0.485. The number of carbonyl (C=O) groups excluding carboxylic acids is 1. The van der Waals surface area contributed by atoms with Gasteiger partial charge < -0.3 is 10.6 Å². The van der Waals surface area contributed by atoms with E-state index in [1.165, 1.54) is 11.8 Å². The van der Waals surface area contributed by atoms with Gasteiger partial charge in [-0.2, -0.15) is 4.98 Å². The molecule has 5 rings (SSSR count). The van der Waals surface area contributed by atoms with Gasteiger partial charge in [0.25, 0.3) is 5.91 Å². The monoisotopic (exact) mass is 549 g/mol. The van der Waals surface area contributed by atoms with Gasteiger partial charge in [0.05, 0.1) is 5.57 Å². The highest BCUT2D eigenvalue weighted by Gasteiger charge is 2.34. The molecular formula is C28H25Cl2N5OS. The smallest absolute Gasteiger partial charge is 0.255 e. The molecule has 9 heteroatoms. The summed E-state index contributed by atoms with van der Waals surface area (Å²) in [6.45, 7) is 5.90. The fourth-order valence-electron chi connectivity index (χ4n) is 4.34. The molecule has 1 aromatic heterocycles. The molecule has 0 saturated heterocycles. The van der Waals surface area contributed by atoms with Gasteiger partial charge in [-0.3, -0.25) is 4.79 Å². The Morgan fingerprint density at radius 2 is 1.81 bits per heavy atom. The fraction of sp³-hybridized carbons (Fsp3) is 0.179. The van der Waals surface area contributed by atoms with Crippen LogP contribution in [0.15, 0.2) is 83.2 Å². The molecule has 0 radical (unpaired) electrons. The number of anilines is 2. The minimum Gasteiger partial charge on any atom is -0.328 e. The van der Waals surface area contributed by atoms with Crippen LogP contribution in [-0.4, -0.2) is 20.7 Å². The summed E-state index contributed by atoms with van der Waals surface area (Å²) in [6, 6.07) is 20.7. The maximum Gasteiger partial charge on any atom is 0.255 e. The predicted molar refractivity (Wildman–Crippen MR) is 151 cm³/mol. The van der Waals surface area contributed by atoms with E-state index in [0.29, 0.717) is 38.2 Å². The van der Waals surface area contributed by atoms with Gasteiger partial charge in [-0.25, -0.2) is 4.68 Å². The quantitative estimate of drug-likeness (QED) is 0.245. The van der Waals surface area contributed by atoms with Crippen LogP contribution in [0.3, 0.4) is 0 Å². The number of halogens is 2. The zero-order valence-corrected chi connectivity index (χ0v) is 22.9. The Balaban J connectivity index is 1.50. The number of aryl methyl sites for hydroxylation is 2. The maximum atomic E-state index is 13.7. The zero-order chi connectivity index (χ0) is 26.1. The summed E-state index contributed by atoms with van der Waals surface area (Å²) in [5.74, 6) is 0.992. The van der Waals surface area contributed by atoms with Gasteiger partial charge in [-0.15, -0.1) is 5.10 Å². The number of hydrogen-bond acceptors (Lipinski definition) is 5. The first-order chi connectivity index (χ1) is 17.8. The largest absolute Gasteiger partial charge is 0.328 e. The van der Waals surface area contributed by atoms with Crippen LogP contribution in [0, 0.1) is 13.8 Å². The molecule has 0 fully saturated rings. The molecule has 0 unspecified atom stereocenters. The van der Waals surface area contributed by atoms with Crippen molar-refractivity contribution in [3.63, 3.8) is 0 Å². The molecule has 4 aromatic rings. The molecule has 1 amide bonds. The normalized spacial score (nSPS) is 14.8. The Bertz CT molecular complexity index is 1510. The number of fused-ring (bicyclic) bond motifs is 1. The number of aromatic nitrogens is 3. The van der Waals surface area contributed by atoms with Crippen molar-refractivity contribution >= 4 is 52.5 Å². The van der Waals surface area contributed by atoms with Crippen LogP contribution in [-0.2, 0) is 10.5 Å². The average molecular weight is 551 g/mol. The first-order valence-corrected chi connectivity index (χ1v) is 13.5. The Morgan fingerprint density at radius 1 is 1.05 bits per heavy atom. The molecule has 188 valence electrons. The predicted octanol–water partition coefficient (Wildman–Crippen LogP) is 7.42. The molecule has 1 aliphatic rings. The summed E-state index contributed by atoms with van der Waals surface area (Å²) in [4.78, 5) is 18.4. The van der Waals surface area contributed by atoms with E-state index in [-0.39, 0.29) is 5.91 Å². The molecule has 0 saturated carbocycles. The minimum absolute atomic E-state index is 0.205. The molecule has 0 spiro atoms. The van der Waals surface area contributed by atoms with Crippen molar-refractivity contribution in [2.45, 2.75) is 37.7 Å². The Morgan fingerprint density at radius 3 is 2.54 bits per heavy atom. The second-order valence-corrected chi connectivity index (χ2v) is 10.7. The number of nitrogens with one attached hydrogen (secondary N) is 2. The van der Waals surface area contributed by atoms with E-state index in [4.69, 9.17) is 33.3 Å². The van der Waals surface area contributed by atoms with Crippen LogP contribution in [0.2, 0.25) is 10.0 Å². The number of thioether (sulfide) groups is 1. The molecule has 1 atom stereocenters. The van der Waals surface area contributed by atoms with E-state index >= 15 is 0 Å². The van der Waals surface area contributed by atoms with Crippen molar-refractivity contribution in [3.8, 4) is 0 Å². The van der Waals surface area contributed by atoms with E-state index < -0.39 is 6.04 Å². The van der Waals surface area contributed by atoms with Gasteiger partial charge >= 0.3 is 0 Å². The average Bonchev–Trinajstić information content (AvgIpc) is 3.27. The maximum absolute atomic E-state index is 13.7. The van der Waals surface area contributed by atoms with Crippen molar-refractivity contribution in [1.29, 1.82) is 0 Å². The van der Waals surface area contributed by atoms with Gasteiger partial charge in [-0.05, 0) is 61.7 Å². The molecule has 0 aliphatic carbocycles. The summed E-state index contributed by atoms with van der Waals surface area (Å²) in [5, 5.41) is 13.1. The fourth-order valence-corrected chi connectivity index (χ4v) is 5.58. The van der Waals surface area contributed by atoms with Crippen molar-refractivity contribution in [2.24, 2.45) is 0 Å². The van der Waals surface area contributed by atoms with E-state index in [1.54, 1.807) is 4.68 Å². The first kappa shape index (κ1) is 25.4. The highest BCUT2D eigenvalue weighted by molar-refractivity contribution is 7.98. The lowest BCUT2D eigenvalue weighted by Crippen LogP contribution is -2.31. The van der Waals surface area contributed by atoms with Crippen LogP contribution in [0.5, 0.6) is 0 Å². The first-order valence-electron chi connectivity index (χ1n) is 11.7. The van der Waals surface area contributed by atoms with E-state index in [9.17, 15) is 4.79 Å². The summed E-state index contributed by atoms with van der Waals surface area (Å²) in [5.41, 5.74) is 6.06. The Kier molecular flexibility index (Phi) is 7.29. The molecule has 2 N–H and O–H groups in total.